The fraction of sp³-hybridized carbons (Fsp3) is 0.704. The largest absolute Gasteiger partial charge is 0.460 e. The van der Waals surface area contributed by atoms with Crippen LogP contribution in [0.5, 0.6) is 0 Å². The average molecular weight is 518 g/mol. The number of cyclic esters (lactones) is 1. The molecule has 0 aromatic rings. The number of nitrogens with one attached hydrogen (secondary N) is 1. The van der Waals surface area contributed by atoms with E-state index in [4.69, 9.17) is 9.47 Å². The second kappa shape index (κ2) is 11.3. The molecule has 7 atom stereocenters. The highest BCUT2D eigenvalue weighted by molar-refractivity contribution is 5.99. The molecule has 1 spiro atoms. The summed E-state index contributed by atoms with van der Waals surface area (Å²) in [5, 5.41) is 12.3. The molecule has 0 aliphatic carbocycles. The third-order valence-corrected chi connectivity index (χ3v) is 7.86. The van der Waals surface area contributed by atoms with Crippen LogP contribution in [0.1, 0.15) is 52.9 Å². The van der Waals surface area contributed by atoms with Gasteiger partial charge in [0.05, 0.1) is 18.6 Å². The van der Waals surface area contributed by atoms with Crippen LogP contribution in [0.2, 0.25) is 0 Å². The number of esters is 1. The second-order valence-corrected chi connectivity index (χ2v) is 10.5. The predicted octanol–water partition coefficient (Wildman–Crippen LogP) is 0.935. The Morgan fingerprint density at radius 2 is 2.00 bits per heavy atom. The van der Waals surface area contributed by atoms with Crippen molar-refractivity contribution >= 4 is 23.7 Å². The molecule has 2 N–H and O–H groups in total. The Morgan fingerprint density at radius 1 is 1.22 bits per heavy atom. The van der Waals surface area contributed by atoms with E-state index in [1.807, 2.05) is 13.0 Å². The third kappa shape index (κ3) is 5.05. The number of ether oxygens (including phenoxy) is 2. The number of hydrogen-bond donors (Lipinski definition) is 2. The molecule has 4 aliphatic rings. The van der Waals surface area contributed by atoms with E-state index in [-0.39, 0.29) is 49.9 Å². The number of aliphatic hydroxyl groups excluding tert-OH is 1. The van der Waals surface area contributed by atoms with E-state index in [1.54, 1.807) is 30.1 Å². The standard InChI is InChI=1S/C27H39N3O7/c1-4-9-17(2)29-13-7-12-27-22(24(33)30(14-8-15-31)23(27)25(29)34)21-19(37-27)10-5-6-11-20(32)28-16-18(3)36-26(21)35/h5,7,10,12,17-19,21-23,31H,4,6,8-9,11,13-16H2,1-3H3,(H,28,32)/b10-5-/t17?,18-,19-,21+,22+,23-,27+/m1/s1. The van der Waals surface area contributed by atoms with Gasteiger partial charge in [-0.1, -0.05) is 37.6 Å². The molecule has 4 aliphatic heterocycles. The first-order valence-electron chi connectivity index (χ1n) is 13.5. The molecular formula is C27H39N3O7. The van der Waals surface area contributed by atoms with E-state index in [0.717, 1.165) is 12.8 Å². The van der Waals surface area contributed by atoms with Crippen molar-refractivity contribution in [3.05, 3.63) is 24.3 Å². The number of fused-ring (bicyclic) bond motifs is 2. The van der Waals surface area contributed by atoms with E-state index in [2.05, 4.69) is 12.2 Å². The molecule has 0 saturated carbocycles. The highest BCUT2D eigenvalue weighted by atomic mass is 16.6. The summed E-state index contributed by atoms with van der Waals surface area (Å²) in [4.78, 5) is 56.9. The number of carbonyl (C=O) groups excluding carboxylic acids is 4. The Kier molecular flexibility index (Phi) is 8.38. The summed E-state index contributed by atoms with van der Waals surface area (Å²) >= 11 is 0. The lowest BCUT2D eigenvalue weighted by molar-refractivity contribution is -0.159. The van der Waals surface area contributed by atoms with E-state index < -0.39 is 41.7 Å². The highest BCUT2D eigenvalue weighted by Crippen LogP contribution is 2.53. The lowest BCUT2D eigenvalue weighted by Crippen LogP contribution is -2.56. The SMILES string of the molecule is CCCC(C)N1CC=C[C@]23O[C@@H]4/C=C\CCC(=O)NC[C@@H](C)OC(=O)[C@@H]4[C@H]2C(=O)N(CCCO)[C@@H]3C1=O. The minimum atomic E-state index is -1.33. The lowest BCUT2D eigenvalue weighted by Gasteiger charge is -2.37. The quantitative estimate of drug-likeness (QED) is 0.397. The molecule has 3 amide bonds. The Labute approximate surface area is 218 Å². The monoisotopic (exact) mass is 517 g/mol. The van der Waals surface area contributed by atoms with E-state index in [9.17, 15) is 24.3 Å². The van der Waals surface area contributed by atoms with Crippen LogP contribution in [0.25, 0.3) is 0 Å². The molecule has 10 nitrogen and oxygen atoms in total. The zero-order valence-corrected chi connectivity index (χ0v) is 21.9. The second-order valence-electron chi connectivity index (χ2n) is 10.5. The molecule has 37 heavy (non-hydrogen) atoms. The van der Waals surface area contributed by atoms with Gasteiger partial charge < -0.3 is 29.7 Å². The van der Waals surface area contributed by atoms with Crippen LogP contribution in [0.3, 0.4) is 0 Å². The average Bonchev–Trinajstić information content (AvgIpc) is 3.23. The van der Waals surface area contributed by atoms with Crippen molar-refractivity contribution in [3.63, 3.8) is 0 Å². The Balaban J connectivity index is 1.77. The molecule has 4 heterocycles. The van der Waals surface area contributed by atoms with Crippen molar-refractivity contribution in [2.24, 2.45) is 11.8 Å². The van der Waals surface area contributed by atoms with Gasteiger partial charge >= 0.3 is 5.97 Å². The van der Waals surface area contributed by atoms with Gasteiger partial charge in [-0.2, -0.15) is 0 Å². The minimum Gasteiger partial charge on any atom is -0.460 e. The van der Waals surface area contributed by atoms with Crippen LogP contribution in [-0.2, 0) is 28.7 Å². The Morgan fingerprint density at radius 3 is 2.73 bits per heavy atom. The molecule has 2 saturated heterocycles. The summed E-state index contributed by atoms with van der Waals surface area (Å²) in [5.41, 5.74) is -1.33. The van der Waals surface area contributed by atoms with E-state index in [1.165, 1.54) is 4.90 Å². The van der Waals surface area contributed by atoms with Gasteiger partial charge in [-0.05, 0) is 33.1 Å². The molecule has 0 bridgehead atoms. The van der Waals surface area contributed by atoms with Crippen molar-refractivity contribution < 1.29 is 33.8 Å². The van der Waals surface area contributed by atoms with Crippen LogP contribution < -0.4 is 5.32 Å². The normalized spacial score (nSPS) is 35.9. The van der Waals surface area contributed by atoms with Crippen molar-refractivity contribution in [1.82, 2.24) is 15.1 Å². The van der Waals surface area contributed by atoms with E-state index >= 15 is 0 Å². The van der Waals surface area contributed by atoms with Crippen molar-refractivity contribution in [2.45, 2.75) is 82.8 Å². The highest BCUT2D eigenvalue weighted by Gasteiger charge is 2.71. The molecule has 4 rings (SSSR count). The predicted molar refractivity (Wildman–Crippen MR) is 134 cm³/mol. The smallest absolute Gasteiger partial charge is 0.313 e. The maximum absolute atomic E-state index is 14.1. The fourth-order valence-corrected chi connectivity index (χ4v) is 6.13. The number of likely N-dealkylation sites (tertiary alicyclic amines) is 1. The summed E-state index contributed by atoms with van der Waals surface area (Å²) in [5.74, 6) is -3.16. The lowest BCUT2D eigenvalue weighted by atomic mass is 9.78. The zero-order valence-electron chi connectivity index (χ0n) is 21.9. The summed E-state index contributed by atoms with van der Waals surface area (Å²) in [7, 11) is 0. The molecule has 204 valence electrons. The summed E-state index contributed by atoms with van der Waals surface area (Å²) in [6.07, 6.45) is 8.58. The van der Waals surface area contributed by atoms with Crippen molar-refractivity contribution in [3.8, 4) is 0 Å². The first-order valence-corrected chi connectivity index (χ1v) is 13.5. The van der Waals surface area contributed by atoms with Crippen LogP contribution in [0.15, 0.2) is 24.3 Å². The number of carbonyl (C=O) groups is 4. The van der Waals surface area contributed by atoms with Crippen LogP contribution in [0.4, 0.5) is 0 Å². The number of rotatable bonds is 6. The molecule has 2 fully saturated rings. The number of hydrogen-bond acceptors (Lipinski definition) is 7. The first-order chi connectivity index (χ1) is 17.7. The van der Waals surface area contributed by atoms with Gasteiger partial charge in [-0.15, -0.1) is 0 Å². The minimum absolute atomic E-state index is 0.0310. The van der Waals surface area contributed by atoms with Crippen LogP contribution in [0, 0.1) is 11.8 Å². The van der Waals surface area contributed by atoms with Gasteiger partial charge in [0, 0.05) is 32.2 Å². The Hall–Kier alpha value is -2.72. The van der Waals surface area contributed by atoms with Gasteiger partial charge in [-0.3, -0.25) is 19.2 Å². The zero-order chi connectivity index (χ0) is 26.7. The van der Waals surface area contributed by atoms with Crippen molar-refractivity contribution in [2.75, 3.05) is 26.2 Å². The molecule has 0 radical (unpaired) electrons. The first kappa shape index (κ1) is 27.3. The van der Waals surface area contributed by atoms with Gasteiger partial charge in [0.1, 0.15) is 23.7 Å². The number of aliphatic hydroxyl groups is 1. The molecule has 0 aromatic carbocycles. The van der Waals surface area contributed by atoms with Gasteiger partial charge in [0.25, 0.3) is 0 Å². The molecular weight excluding hydrogens is 478 g/mol. The van der Waals surface area contributed by atoms with Gasteiger partial charge in [0.15, 0.2) is 0 Å². The molecule has 0 aromatic heterocycles. The number of allylic oxidation sites excluding steroid dienone is 1. The van der Waals surface area contributed by atoms with Gasteiger partial charge in [0.2, 0.25) is 17.7 Å². The topological polar surface area (TPSA) is 125 Å². The number of amides is 3. The number of nitrogens with zero attached hydrogens (tertiary/aromatic N) is 2. The summed E-state index contributed by atoms with van der Waals surface area (Å²) in [6, 6.07) is -0.976. The molecule has 1 unspecified atom stereocenters. The third-order valence-electron chi connectivity index (χ3n) is 7.86. The summed E-state index contributed by atoms with van der Waals surface area (Å²) in [6.45, 7) is 6.36. The van der Waals surface area contributed by atoms with Crippen LogP contribution >= 0.6 is 0 Å². The Bertz CT molecular complexity index is 966. The maximum atomic E-state index is 14.1. The molecule has 10 heteroatoms. The van der Waals surface area contributed by atoms with Crippen molar-refractivity contribution in [1.29, 1.82) is 0 Å². The van der Waals surface area contributed by atoms with E-state index in [0.29, 0.717) is 19.4 Å². The van der Waals surface area contributed by atoms with Crippen LogP contribution in [-0.4, -0.2) is 94.7 Å². The van der Waals surface area contributed by atoms with Gasteiger partial charge in [-0.25, -0.2) is 0 Å². The maximum Gasteiger partial charge on any atom is 0.313 e. The summed E-state index contributed by atoms with van der Waals surface area (Å²) < 4.78 is 12.3. The fourth-order valence-electron chi connectivity index (χ4n) is 6.13.